The Morgan fingerprint density at radius 3 is 2.74 bits per heavy atom. The highest BCUT2D eigenvalue weighted by Gasteiger charge is 2.38. The van der Waals surface area contributed by atoms with Crippen LogP contribution < -0.4 is 10.2 Å². The van der Waals surface area contributed by atoms with Crippen LogP contribution in [0.4, 0.5) is 5.69 Å². The molecule has 1 aromatic carbocycles. The van der Waals surface area contributed by atoms with E-state index in [0.29, 0.717) is 0 Å². The largest absolute Gasteiger partial charge is 0.341 e. The first kappa shape index (κ1) is 13.1. The summed E-state index contributed by atoms with van der Waals surface area (Å²) in [5, 5.41) is 11.5. The molecule has 0 bridgehead atoms. The number of carbonyl (C=O) groups excluding carboxylic acids is 2. The number of anilines is 1. The first-order chi connectivity index (χ1) is 8.95. The van der Waals surface area contributed by atoms with Crippen molar-refractivity contribution in [3.8, 4) is 6.07 Å². The summed E-state index contributed by atoms with van der Waals surface area (Å²) in [6, 6.07) is 5.16. The SMILES string of the molecule is CC(=O)N[C@@H]1C(=O)N(CC#N)c2c(C)cc(C)cc21. The summed E-state index contributed by atoms with van der Waals surface area (Å²) in [5.74, 6) is -0.511. The standard InChI is InChI=1S/C14H15N3O2/c1-8-6-9(2)13-11(7-8)12(16-10(3)18)14(19)17(13)5-4-15/h6-7,12H,5H2,1-3H3,(H,16,18)/t12-/m0/s1. The maximum atomic E-state index is 12.3. The summed E-state index contributed by atoms with van der Waals surface area (Å²) in [6.07, 6.45) is 0. The number of fused-ring (bicyclic) bond motifs is 1. The van der Waals surface area contributed by atoms with Crippen molar-refractivity contribution >= 4 is 17.5 Å². The molecule has 0 saturated heterocycles. The molecule has 1 aromatic rings. The quantitative estimate of drug-likeness (QED) is 0.813. The number of hydrogen-bond acceptors (Lipinski definition) is 3. The predicted molar refractivity (Wildman–Crippen MR) is 70.4 cm³/mol. The Bertz CT molecular complexity index is 601. The van der Waals surface area contributed by atoms with Gasteiger partial charge in [-0.1, -0.05) is 17.7 Å². The van der Waals surface area contributed by atoms with Crippen molar-refractivity contribution < 1.29 is 9.59 Å². The average Bonchev–Trinajstić information content (AvgIpc) is 2.55. The van der Waals surface area contributed by atoms with Crippen molar-refractivity contribution in [3.63, 3.8) is 0 Å². The lowest BCUT2D eigenvalue weighted by atomic mass is 10.0. The van der Waals surface area contributed by atoms with Crippen molar-refractivity contribution in [3.05, 3.63) is 28.8 Å². The summed E-state index contributed by atoms with van der Waals surface area (Å²) in [5.41, 5.74) is 3.48. The molecule has 19 heavy (non-hydrogen) atoms. The van der Waals surface area contributed by atoms with Crippen LogP contribution in [-0.4, -0.2) is 18.4 Å². The monoisotopic (exact) mass is 257 g/mol. The zero-order chi connectivity index (χ0) is 14.2. The zero-order valence-corrected chi connectivity index (χ0v) is 11.2. The van der Waals surface area contributed by atoms with Crippen LogP contribution in [-0.2, 0) is 9.59 Å². The highest BCUT2D eigenvalue weighted by Crippen LogP contribution is 2.38. The van der Waals surface area contributed by atoms with Crippen LogP contribution in [0, 0.1) is 25.2 Å². The number of amides is 2. The Hall–Kier alpha value is -2.35. The minimum absolute atomic E-state index is 0.00812. The lowest BCUT2D eigenvalue weighted by Crippen LogP contribution is -2.36. The number of carbonyl (C=O) groups is 2. The Labute approximate surface area is 111 Å². The van der Waals surface area contributed by atoms with Crippen molar-refractivity contribution in [2.45, 2.75) is 26.8 Å². The van der Waals surface area contributed by atoms with E-state index >= 15 is 0 Å². The third-order valence-electron chi connectivity index (χ3n) is 3.14. The van der Waals surface area contributed by atoms with Crippen molar-refractivity contribution in [1.29, 1.82) is 5.26 Å². The van der Waals surface area contributed by atoms with E-state index in [1.54, 1.807) is 0 Å². The number of benzene rings is 1. The molecule has 2 amide bonds. The summed E-state index contributed by atoms with van der Waals surface area (Å²) in [7, 11) is 0. The van der Waals surface area contributed by atoms with Gasteiger partial charge in [0.25, 0.3) is 5.91 Å². The van der Waals surface area contributed by atoms with Gasteiger partial charge in [0, 0.05) is 12.5 Å². The van der Waals surface area contributed by atoms with E-state index in [0.717, 1.165) is 22.4 Å². The highest BCUT2D eigenvalue weighted by molar-refractivity contribution is 6.07. The van der Waals surface area contributed by atoms with Gasteiger partial charge in [-0.2, -0.15) is 5.26 Å². The Balaban J connectivity index is 2.57. The molecular weight excluding hydrogens is 242 g/mol. The summed E-state index contributed by atoms with van der Waals surface area (Å²) < 4.78 is 0. The number of nitriles is 1. The lowest BCUT2D eigenvalue weighted by molar-refractivity contribution is -0.126. The van der Waals surface area contributed by atoms with Gasteiger partial charge in [0.15, 0.2) is 0 Å². The van der Waals surface area contributed by atoms with Gasteiger partial charge in [-0.05, 0) is 19.4 Å². The van der Waals surface area contributed by atoms with Gasteiger partial charge in [0.05, 0.1) is 11.8 Å². The van der Waals surface area contributed by atoms with Gasteiger partial charge < -0.3 is 5.32 Å². The van der Waals surface area contributed by atoms with E-state index in [2.05, 4.69) is 5.32 Å². The molecule has 0 aliphatic carbocycles. The first-order valence-electron chi connectivity index (χ1n) is 6.02. The topological polar surface area (TPSA) is 73.2 Å². The van der Waals surface area contributed by atoms with Crippen molar-refractivity contribution in [1.82, 2.24) is 5.32 Å². The van der Waals surface area contributed by atoms with Crippen molar-refractivity contribution in [2.24, 2.45) is 0 Å². The normalized spacial score (nSPS) is 17.1. The number of rotatable bonds is 2. The smallest absolute Gasteiger partial charge is 0.255 e. The minimum atomic E-state index is -0.681. The number of hydrogen-bond donors (Lipinski definition) is 1. The van der Waals surface area contributed by atoms with Crippen molar-refractivity contribution in [2.75, 3.05) is 11.4 Å². The summed E-state index contributed by atoms with van der Waals surface area (Å²) in [4.78, 5) is 25.0. The van der Waals surface area contributed by atoms with Crippen LogP contribution in [0.1, 0.15) is 29.7 Å². The molecule has 0 unspecified atom stereocenters. The molecule has 1 aliphatic heterocycles. The lowest BCUT2D eigenvalue weighted by Gasteiger charge is -2.15. The second-order valence-electron chi connectivity index (χ2n) is 4.74. The molecule has 0 fully saturated rings. The third kappa shape index (κ3) is 2.17. The molecular formula is C14H15N3O2. The second kappa shape index (κ2) is 4.73. The fourth-order valence-corrected chi connectivity index (χ4v) is 2.55. The molecule has 1 heterocycles. The number of nitrogens with one attached hydrogen (secondary N) is 1. The molecule has 0 saturated carbocycles. The van der Waals surface area contributed by atoms with Gasteiger partial charge in [-0.25, -0.2) is 0 Å². The van der Waals surface area contributed by atoms with Crippen LogP contribution >= 0.6 is 0 Å². The van der Waals surface area contributed by atoms with Crippen LogP contribution in [0.15, 0.2) is 12.1 Å². The zero-order valence-electron chi connectivity index (χ0n) is 11.2. The molecule has 1 aliphatic rings. The minimum Gasteiger partial charge on any atom is -0.341 e. The first-order valence-corrected chi connectivity index (χ1v) is 6.02. The number of nitrogens with zero attached hydrogens (tertiary/aromatic N) is 2. The Morgan fingerprint density at radius 2 is 2.16 bits per heavy atom. The summed E-state index contributed by atoms with van der Waals surface area (Å²) >= 11 is 0. The van der Waals surface area contributed by atoms with E-state index in [9.17, 15) is 9.59 Å². The highest BCUT2D eigenvalue weighted by atomic mass is 16.2. The van der Waals surface area contributed by atoms with Gasteiger partial charge in [-0.3, -0.25) is 14.5 Å². The third-order valence-corrected chi connectivity index (χ3v) is 3.14. The molecule has 1 N–H and O–H groups in total. The Kier molecular flexibility index (Phi) is 3.26. The van der Waals surface area contributed by atoms with Gasteiger partial charge in [0.1, 0.15) is 12.6 Å². The second-order valence-corrected chi connectivity index (χ2v) is 4.74. The van der Waals surface area contributed by atoms with E-state index in [-0.39, 0.29) is 18.4 Å². The maximum absolute atomic E-state index is 12.3. The molecule has 0 spiro atoms. The maximum Gasteiger partial charge on any atom is 0.255 e. The van der Waals surface area contributed by atoms with E-state index < -0.39 is 6.04 Å². The molecule has 0 radical (unpaired) electrons. The van der Waals surface area contributed by atoms with Crippen LogP contribution in [0.2, 0.25) is 0 Å². The molecule has 5 nitrogen and oxygen atoms in total. The van der Waals surface area contributed by atoms with E-state index in [1.807, 2.05) is 32.0 Å². The molecule has 1 atom stereocenters. The number of aryl methyl sites for hydroxylation is 2. The van der Waals surface area contributed by atoms with E-state index in [1.165, 1.54) is 11.8 Å². The van der Waals surface area contributed by atoms with Crippen LogP contribution in [0.25, 0.3) is 0 Å². The molecule has 0 aromatic heterocycles. The average molecular weight is 257 g/mol. The van der Waals surface area contributed by atoms with Crippen LogP contribution in [0.5, 0.6) is 0 Å². The van der Waals surface area contributed by atoms with Gasteiger partial charge in [0.2, 0.25) is 5.91 Å². The molecule has 5 heteroatoms. The van der Waals surface area contributed by atoms with Gasteiger partial charge >= 0.3 is 0 Å². The van der Waals surface area contributed by atoms with Gasteiger partial charge in [-0.15, -0.1) is 0 Å². The van der Waals surface area contributed by atoms with Crippen LogP contribution in [0.3, 0.4) is 0 Å². The fourth-order valence-electron chi connectivity index (χ4n) is 2.55. The Morgan fingerprint density at radius 1 is 1.47 bits per heavy atom. The molecule has 98 valence electrons. The molecule has 2 rings (SSSR count). The predicted octanol–water partition coefficient (Wildman–Crippen LogP) is 1.35. The summed E-state index contributed by atoms with van der Waals surface area (Å²) in [6.45, 7) is 5.21. The fraction of sp³-hybridized carbons (Fsp3) is 0.357. The van der Waals surface area contributed by atoms with E-state index in [4.69, 9.17) is 5.26 Å².